The summed E-state index contributed by atoms with van der Waals surface area (Å²) in [6.07, 6.45) is 0.863. The summed E-state index contributed by atoms with van der Waals surface area (Å²) in [5.74, 6) is 0.909. The summed E-state index contributed by atoms with van der Waals surface area (Å²) in [6.45, 7) is 4.68. The van der Waals surface area contributed by atoms with Gasteiger partial charge in [-0.3, -0.25) is 0 Å². The Morgan fingerprint density at radius 3 is 2.38 bits per heavy atom. The Morgan fingerprint density at radius 2 is 1.85 bits per heavy atom. The number of ether oxygens (including phenoxy) is 1. The third-order valence-electron chi connectivity index (χ3n) is 1.76. The van der Waals surface area contributed by atoms with Crippen molar-refractivity contribution in [3.05, 3.63) is 30.3 Å². The molecule has 13 heavy (non-hydrogen) atoms. The number of hydrogen-bond acceptors (Lipinski definition) is 2. The highest BCUT2D eigenvalue weighted by molar-refractivity contribution is 5.20. The maximum absolute atomic E-state index is 5.82. The molecule has 0 saturated carbocycles. The van der Waals surface area contributed by atoms with E-state index in [4.69, 9.17) is 10.5 Å². The molecule has 0 unspecified atom stereocenters. The summed E-state index contributed by atoms with van der Waals surface area (Å²) >= 11 is 0. The number of para-hydroxylation sites is 1. The lowest BCUT2D eigenvalue weighted by Crippen LogP contribution is -2.33. The first kappa shape index (κ1) is 10.1. The van der Waals surface area contributed by atoms with Crippen LogP contribution < -0.4 is 10.5 Å². The van der Waals surface area contributed by atoms with Crippen molar-refractivity contribution in [3.63, 3.8) is 0 Å². The van der Waals surface area contributed by atoms with E-state index in [-0.39, 0.29) is 5.54 Å². The van der Waals surface area contributed by atoms with Gasteiger partial charge in [-0.05, 0) is 32.4 Å². The molecule has 1 aromatic rings. The Morgan fingerprint density at radius 1 is 1.23 bits per heavy atom. The quantitative estimate of drug-likeness (QED) is 0.769. The Kier molecular flexibility index (Phi) is 3.32. The van der Waals surface area contributed by atoms with Crippen LogP contribution in [0, 0.1) is 0 Å². The molecule has 0 radical (unpaired) electrons. The number of nitrogens with two attached hydrogens (primary N) is 1. The maximum Gasteiger partial charge on any atom is 0.119 e. The fourth-order valence-corrected chi connectivity index (χ4v) is 0.949. The van der Waals surface area contributed by atoms with E-state index >= 15 is 0 Å². The van der Waals surface area contributed by atoms with E-state index in [9.17, 15) is 0 Å². The zero-order valence-corrected chi connectivity index (χ0v) is 8.29. The van der Waals surface area contributed by atoms with Crippen molar-refractivity contribution in [3.8, 4) is 5.75 Å². The molecular weight excluding hydrogens is 162 g/mol. The molecule has 2 nitrogen and oxygen atoms in total. The summed E-state index contributed by atoms with van der Waals surface area (Å²) in [4.78, 5) is 0. The molecule has 1 rings (SSSR count). The molecule has 0 aliphatic heterocycles. The van der Waals surface area contributed by atoms with Gasteiger partial charge in [0.2, 0.25) is 0 Å². The average Bonchev–Trinajstić information content (AvgIpc) is 2.04. The normalized spacial score (nSPS) is 11.3. The third kappa shape index (κ3) is 4.53. The summed E-state index contributed by atoms with van der Waals surface area (Å²) in [6, 6.07) is 9.79. The van der Waals surface area contributed by atoms with E-state index in [1.807, 2.05) is 44.2 Å². The summed E-state index contributed by atoms with van der Waals surface area (Å²) < 4.78 is 5.50. The Labute approximate surface area is 79.7 Å². The highest BCUT2D eigenvalue weighted by Gasteiger charge is 2.09. The number of benzene rings is 1. The van der Waals surface area contributed by atoms with Crippen LogP contribution in [0.5, 0.6) is 5.75 Å². The van der Waals surface area contributed by atoms with Crippen molar-refractivity contribution >= 4 is 0 Å². The molecule has 72 valence electrons. The second kappa shape index (κ2) is 4.28. The minimum atomic E-state index is -0.144. The van der Waals surface area contributed by atoms with Gasteiger partial charge in [0.15, 0.2) is 0 Å². The molecule has 0 saturated heterocycles. The molecule has 0 fully saturated rings. The minimum Gasteiger partial charge on any atom is -0.494 e. The van der Waals surface area contributed by atoms with Crippen LogP contribution in [0.15, 0.2) is 30.3 Å². The minimum absolute atomic E-state index is 0.144. The third-order valence-corrected chi connectivity index (χ3v) is 1.76. The average molecular weight is 179 g/mol. The fraction of sp³-hybridized carbons (Fsp3) is 0.455. The van der Waals surface area contributed by atoms with Gasteiger partial charge in [-0.25, -0.2) is 0 Å². The van der Waals surface area contributed by atoms with Crippen molar-refractivity contribution in [2.45, 2.75) is 25.8 Å². The summed E-state index contributed by atoms with van der Waals surface area (Å²) in [5.41, 5.74) is 5.68. The lowest BCUT2D eigenvalue weighted by atomic mass is 10.0. The molecule has 2 heteroatoms. The highest BCUT2D eigenvalue weighted by Crippen LogP contribution is 2.10. The first-order chi connectivity index (χ1) is 6.08. The van der Waals surface area contributed by atoms with Crippen LogP contribution in [0.25, 0.3) is 0 Å². The largest absolute Gasteiger partial charge is 0.494 e. The van der Waals surface area contributed by atoms with Crippen LogP contribution in [-0.4, -0.2) is 12.1 Å². The van der Waals surface area contributed by atoms with Crippen LogP contribution in [0.3, 0.4) is 0 Å². The number of rotatable bonds is 4. The van der Waals surface area contributed by atoms with Crippen LogP contribution in [0.4, 0.5) is 0 Å². The van der Waals surface area contributed by atoms with Gasteiger partial charge in [-0.15, -0.1) is 0 Å². The van der Waals surface area contributed by atoms with E-state index in [1.54, 1.807) is 0 Å². The lowest BCUT2D eigenvalue weighted by molar-refractivity contribution is 0.274. The second-order valence-corrected chi connectivity index (χ2v) is 3.90. The smallest absolute Gasteiger partial charge is 0.119 e. The molecule has 1 aromatic carbocycles. The SMILES string of the molecule is CC(C)(N)CCOc1ccccc1. The van der Waals surface area contributed by atoms with E-state index in [0.29, 0.717) is 6.61 Å². The van der Waals surface area contributed by atoms with Crippen molar-refractivity contribution in [1.29, 1.82) is 0 Å². The monoisotopic (exact) mass is 179 g/mol. The van der Waals surface area contributed by atoms with Crippen molar-refractivity contribution in [2.75, 3.05) is 6.61 Å². The molecule has 0 amide bonds. The maximum atomic E-state index is 5.82. The van der Waals surface area contributed by atoms with Gasteiger partial charge in [-0.2, -0.15) is 0 Å². The molecule has 0 aromatic heterocycles. The Balaban J connectivity index is 2.29. The zero-order valence-electron chi connectivity index (χ0n) is 8.29. The van der Waals surface area contributed by atoms with Gasteiger partial charge >= 0.3 is 0 Å². The zero-order chi connectivity index (χ0) is 9.73. The fourth-order valence-electron chi connectivity index (χ4n) is 0.949. The molecule has 0 aliphatic carbocycles. The molecule has 0 heterocycles. The second-order valence-electron chi connectivity index (χ2n) is 3.90. The molecule has 2 N–H and O–H groups in total. The van der Waals surface area contributed by atoms with Crippen LogP contribution in [0.1, 0.15) is 20.3 Å². The molecule has 0 atom stereocenters. The first-order valence-corrected chi connectivity index (χ1v) is 4.55. The first-order valence-electron chi connectivity index (χ1n) is 4.55. The predicted octanol–water partition coefficient (Wildman–Crippen LogP) is 2.19. The van der Waals surface area contributed by atoms with Gasteiger partial charge in [0.05, 0.1) is 6.61 Å². The van der Waals surface area contributed by atoms with Crippen LogP contribution in [-0.2, 0) is 0 Å². The van der Waals surface area contributed by atoms with E-state index in [0.717, 1.165) is 12.2 Å². The lowest BCUT2D eigenvalue weighted by Gasteiger charge is -2.18. The van der Waals surface area contributed by atoms with Crippen LogP contribution >= 0.6 is 0 Å². The Hall–Kier alpha value is -1.02. The van der Waals surface area contributed by atoms with Crippen molar-refractivity contribution < 1.29 is 4.74 Å². The standard InChI is InChI=1S/C11H17NO/c1-11(2,12)8-9-13-10-6-4-3-5-7-10/h3-7H,8-9,12H2,1-2H3. The topological polar surface area (TPSA) is 35.2 Å². The molecule has 0 spiro atoms. The van der Waals surface area contributed by atoms with Gasteiger partial charge < -0.3 is 10.5 Å². The molecular formula is C11H17NO. The summed E-state index contributed by atoms with van der Waals surface area (Å²) in [5, 5.41) is 0. The van der Waals surface area contributed by atoms with E-state index in [2.05, 4.69) is 0 Å². The van der Waals surface area contributed by atoms with Crippen molar-refractivity contribution in [1.82, 2.24) is 0 Å². The van der Waals surface area contributed by atoms with Gasteiger partial charge in [-0.1, -0.05) is 18.2 Å². The number of hydrogen-bond donors (Lipinski definition) is 1. The van der Waals surface area contributed by atoms with Gasteiger partial charge in [0.25, 0.3) is 0 Å². The predicted molar refractivity (Wildman–Crippen MR) is 54.8 cm³/mol. The van der Waals surface area contributed by atoms with E-state index in [1.165, 1.54) is 0 Å². The summed E-state index contributed by atoms with van der Waals surface area (Å²) in [7, 11) is 0. The van der Waals surface area contributed by atoms with Gasteiger partial charge in [0.1, 0.15) is 5.75 Å². The molecule has 0 aliphatic rings. The van der Waals surface area contributed by atoms with Gasteiger partial charge in [0, 0.05) is 5.54 Å². The van der Waals surface area contributed by atoms with Crippen molar-refractivity contribution in [2.24, 2.45) is 5.73 Å². The molecule has 0 bridgehead atoms. The highest BCUT2D eigenvalue weighted by atomic mass is 16.5. The van der Waals surface area contributed by atoms with E-state index < -0.39 is 0 Å². The Bertz CT molecular complexity index is 238. The van der Waals surface area contributed by atoms with Crippen LogP contribution in [0.2, 0.25) is 0 Å².